The van der Waals surface area contributed by atoms with Crippen molar-refractivity contribution >= 4 is 29.3 Å². The summed E-state index contributed by atoms with van der Waals surface area (Å²) >= 11 is 5.15. The van der Waals surface area contributed by atoms with E-state index in [1.165, 1.54) is 0 Å². The van der Waals surface area contributed by atoms with Crippen molar-refractivity contribution in [3.63, 3.8) is 0 Å². The van der Waals surface area contributed by atoms with Crippen molar-refractivity contribution in [3.8, 4) is 0 Å². The molecule has 0 saturated carbocycles. The minimum absolute atomic E-state index is 0.0969. The summed E-state index contributed by atoms with van der Waals surface area (Å²) in [6.45, 7) is 2.09. The first-order chi connectivity index (χ1) is 7.61. The van der Waals surface area contributed by atoms with Gasteiger partial charge in [-0.15, -0.1) is 0 Å². The van der Waals surface area contributed by atoms with Crippen molar-refractivity contribution in [2.75, 3.05) is 7.05 Å². The number of aryl methyl sites for hydroxylation is 1. The second-order valence-corrected chi connectivity index (χ2v) is 3.90. The molecule has 0 bridgehead atoms. The molecule has 5 nitrogen and oxygen atoms in total. The molecule has 0 aliphatic heterocycles. The molecular formula is C10H12N4OS. The van der Waals surface area contributed by atoms with E-state index in [9.17, 15) is 4.79 Å². The molecule has 0 unspecified atom stereocenters. The van der Waals surface area contributed by atoms with Crippen molar-refractivity contribution in [2.24, 2.45) is 0 Å². The number of fused-ring (bicyclic) bond motifs is 1. The highest BCUT2D eigenvalue weighted by molar-refractivity contribution is 7.71. The van der Waals surface area contributed by atoms with Gasteiger partial charge in [0, 0.05) is 12.7 Å². The Labute approximate surface area is 97.5 Å². The van der Waals surface area contributed by atoms with Crippen molar-refractivity contribution in [1.29, 1.82) is 0 Å². The number of nitrogens with one attached hydrogen (secondary N) is 2. The summed E-state index contributed by atoms with van der Waals surface area (Å²) in [5.41, 5.74) is 2.46. The van der Waals surface area contributed by atoms with E-state index < -0.39 is 0 Å². The molecule has 84 valence electrons. The van der Waals surface area contributed by atoms with E-state index in [2.05, 4.69) is 15.3 Å². The first-order valence-corrected chi connectivity index (χ1v) is 5.29. The summed E-state index contributed by atoms with van der Waals surface area (Å²) in [5.74, 6) is -0.0969. The summed E-state index contributed by atoms with van der Waals surface area (Å²) in [4.78, 5) is 18.7. The van der Waals surface area contributed by atoms with Crippen molar-refractivity contribution in [3.05, 3.63) is 22.6 Å². The normalized spacial score (nSPS) is 10.6. The average molecular weight is 236 g/mol. The van der Waals surface area contributed by atoms with Gasteiger partial charge in [0.1, 0.15) is 6.54 Å². The number of rotatable bonds is 2. The molecule has 0 atom stereocenters. The lowest BCUT2D eigenvalue weighted by atomic mass is 10.3. The highest BCUT2D eigenvalue weighted by Gasteiger charge is 2.08. The molecule has 0 aliphatic carbocycles. The maximum absolute atomic E-state index is 11.3. The monoisotopic (exact) mass is 236 g/mol. The van der Waals surface area contributed by atoms with Crippen LogP contribution in [0.2, 0.25) is 0 Å². The van der Waals surface area contributed by atoms with Gasteiger partial charge in [-0.1, -0.05) is 0 Å². The molecule has 2 rings (SSSR count). The van der Waals surface area contributed by atoms with Gasteiger partial charge >= 0.3 is 0 Å². The average Bonchev–Trinajstić information content (AvgIpc) is 2.55. The predicted octanol–water partition coefficient (Wildman–Crippen LogP) is 1.15. The molecule has 0 spiro atoms. The van der Waals surface area contributed by atoms with Crippen LogP contribution in [0.3, 0.4) is 0 Å². The van der Waals surface area contributed by atoms with Crippen LogP contribution >= 0.6 is 12.2 Å². The van der Waals surface area contributed by atoms with Crippen LogP contribution in [0, 0.1) is 11.7 Å². The summed E-state index contributed by atoms with van der Waals surface area (Å²) in [6.07, 6.45) is 0. The second kappa shape index (κ2) is 4.05. The molecule has 0 saturated heterocycles. The molecule has 2 aromatic rings. The largest absolute Gasteiger partial charge is 0.358 e. The van der Waals surface area contributed by atoms with Gasteiger partial charge < -0.3 is 10.3 Å². The summed E-state index contributed by atoms with van der Waals surface area (Å²) < 4.78 is 2.20. The third-order valence-corrected chi connectivity index (χ3v) is 2.66. The fourth-order valence-corrected chi connectivity index (χ4v) is 1.76. The van der Waals surface area contributed by atoms with Crippen LogP contribution in [-0.2, 0) is 11.3 Å². The van der Waals surface area contributed by atoms with Gasteiger partial charge in [-0.05, 0) is 31.3 Å². The van der Waals surface area contributed by atoms with E-state index in [1.54, 1.807) is 11.6 Å². The van der Waals surface area contributed by atoms with E-state index in [4.69, 9.17) is 12.2 Å². The van der Waals surface area contributed by atoms with Crippen LogP contribution in [0.15, 0.2) is 12.1 Å². The standard InChI is InChI=1S/C10H12N4OS/c1-6-3-4-7-9(12-6)14(10(16)13-7)5-8(15)11-2/h3-4H,5H2,1-2H3,(H,11,15)(H,13,16). The number of H-pyrrole nitrogens is 1. The first-order valence-electron chi connectivity index (χ1n) is 4.88. The van der Waals surface area contributed by atoms with Crippen LogP contribution in [0.5, 0.6) is 0 Å². The number of imidazole rings is 1. The van der Waals surface area contributed by atoms with Crippen LogP contribution in [0.1, 0.15) is 5.69 Å². The number of aromatic amines is 1. The fourth-order valence-electron chi connectivity index (χ4n) is 1.49. The SMILES string of the molecule is CNC(=O)Cn1c(=S)[nH]c2ccc(C)nc21. The first kappa shape index (κ1) is 10.8. The predicted molar refractivity (Wildman–Crippen MR) is 63.7 cm³/mol. The molecule has 1 amide bonds. The molecule has 16 heavy (non-hydrogen) atoms. The molecule has 0 aliphatic rings. The number of carbonyl (C=O) groups is 1. The van der Waals surface area contributed by atoms with Crippen LogP contribution in [-0.4, -0.2) is 27.5 Å². The van der Waals surface area contributed by atoms with Crippen LogP contribution in [0.25, 0.3) is 11.2 Å². The Morgan fingerprint density at radius 1 is 1.62 bits per heavy atom. The minimum Gasteiger partial charge on any atom is -0.358 e. The van der Waals surface area contributed by atoms with Crippen LogP contribution < -0.4 is 5.32 Å². The van der Waals surface area contributed by atoms with Gasteiger partial charge in [0.2, 0.25) is 5.91 Å². The zero-order valence-corrected chi connectivity index (χ0v) is 9.89. The minimum atomic E-state index is -0.0969. The lowest BCUT2D eigenvalue weighted by molar-refractivity contribution is -0.121. The van der Waals surface area contributed by atoms with Gasteiger partial charge in [0.25, 0.3) is 0 Å². The number of pyridine rings is 1. The number of nitrogens with zero attached hydrogens (tertiary/aromatic N) is 2. The lowest BCUT2D eigenvalue weighted by Gasteiger charge is -2.02. The van der Waals surface area contributed by atoms with Gasteiger partial charge in [-0.2, -0.15) is 0 Å². The number of carbonyl (C=O) groups excluding carboxylic acids is 1. The maximum Gasteiger partial charge on any atom is 0.239 e. The Balaban J connectivity index is 2.58. The zero-order valence-electron chi connectivity index (χ0n) is 9.07. The topological polar surface area (TPSA) is 62.7 Å². The van der Waals surface area contributed by atoms with Crippen molar-refractivity contribution in [2.45, 2.75) is 13.5 Å². The number of likely N-dealkylation sites (N-methyl/N-ethyl adjacent to an activating group) is 1. The van der Waals surface area contributed by atoms with E-state index in [1.807, 2.05) is 19.1 Å². The zero-order chi connectivity index (χ0) is 11.7. The third kappa shape index (κ3) is 1.83. The molecular weight excluding hydrogens is 224 g/mol. The van der Waals surface area contributed by atoms with Crippen molar-refractivity contribution < 1.29 is 4.79 Å². The molecule has 2 aromatic heterocycles. The van der Waals surface area contributed by atoms with E-state index in [0.717, 1.165) is 11.2 Å². The quantitative estimate of drug-likeness (QED) is 0.769. The van der Waals surface area contributed by atoms with Gasteiger partial charge in [-0.3, -0.25) is 9.36 Å². The van der Waals surface area contributed by atoms with Gasteiger partial charge in [-0.25, -0.2) is 4.98 Å². The molecule has 0 aromatic carbocycles. The molecule has 2 heterocycles. The molecule has 0 radical (unpaired) electrons. The molecule has 0 fully saturated rings. The smallest absolute Gasteiger partial charge is 0.239 e. The lowest BCUT2D eigenvalue weighted by Crippen LogP contribution is -2.23. The Kier molecular flexibility index (Phi) is 2.74. The van der Waals surface area contributed by atoms with E-state index in [0.29, 0.717) is 10.4 Å². The maximum atomic E-state index is 11.3. The molecule has 2 N–H and O–H groups in total. The third-order valence-electron chi connectivity index (χ3n) is 2.34. The summed E-state index contributed by atoms with van der Waals surface area (Å²) in [5, 5.41) is 2.56. The Morgan fingerprint density at radius 3 is 3.06 bits per heavy atom. The molecule has 6 heteroatoms. The fraction of sp³-hybridized carbons (Fsp3) is 0.300. The van der Waals surface area contributed by atoms with Crippen LogP contribution in [0.4, 0.5) is 0 Å². The number of hydrogen-bond acceptors (Lipinski definition) is 3. The Morgan fingerprint density at radius 2 is 2.38 bits per heavy atom. The highest BCUT2D eigenvalue weighted by atomic mass is 32.1. The van der Waals surface area contributed by atoms with E-state index in [-0.39, 0.29) is 12.5 Å². The van der Waals surface area contributed by atoms with Gasteiger partial charge in [0.15, 0.2) is 10.4 Å². The summed E-state index contributed by atoms with van der Waals surface area (Å²) in [6, 6.07) is 3.81. The Bertz CT molecular complexity index is 598. The number of hydrogen-bond donors (Lipinski definition) is 2. The van der Waals surface area contributed by atoms with Crippen molar-refractivity contribution in [1.82, 2.24) is 19.9 Å². The van der Waals surface area contributed by atoms with E-state index >= 15 is 0 Å². The van der Waals surface area contributed by atoms with Gasteiger partial charge in [0.05, 0.1) is 5.52 Å². The Hall–Kier alpha value is -1.69. The highest BCUT2D eigenvalue weighted by Crippen LogP contribution is 2.12. The number of aromatic nitrogens is 3. The summed E-state index contributed by atoms with van der Waals surface area (Å²) in [7, 11) is 1.60. The second-order valence-electron chi connectivity index (χ2n) is 3.51. The number of amides is 1.